The van der Waals surface area contributed by atoms with Crippen LogP contribution >= 0.6 is 0 Å². The van der Waals surface area contributed by atoms with Gasteiger partial charge in [0, 0.05) is 38.3 Å². The second kappa shape index (κ2) is 5.73. The van der Waals surface area contributed by atoms with Gasteiger partial charge in [-0.3, -0.25) is 9.69 Å². The number of hydrogen-bond donors (Lipinski definition) is 1. The van der Waals surface area contributed by atoms with Crippen molar-refractivity contribution in [2.75, 3.05) is 39.8 Å². The Balaban J connectivity index is 2.42. The van der Waals surface area contributed by atoms with Gasteiger partial charge >= 0.3 is 6.43 Å². The van der Waals surface area contributed by atoms with E-state index < -0.39 is 12.3 Å². The fraction of sp³-hybridized carbons (Fsp3) is 0.909. The summed E-state index contributed by atoms with van der Waals surface area (Å²) in [6, 6.07) is 0. The number of nitrogens with one attached hydrogen (secondary N) is 1. The van der Waals surface area contributed by atoms with E-state index in [0.29, 0.717) is 0 Å². The van der Waals surface area contributed by atoms with Gasteiger partial charge in [0.1, 0.15) is 0 Å². The monoisotopic (exact) mass is 249 g/mol. The minimum Gasteiger partial charge on any atom is -0.349 e. The molecule has 1 heterocycles. The number of rotatable bonds is 4. The molecule has 0 aromatic carbocycles. The molecule has 0 aromatic heterocycles. The number of nitrogens with zero attached hydrogens (tertiary/aromatic N) is 2. The van der Waals surface area contributed by atoms with E-state index >= 15 is 0 Å². The van der Waals surface area contributed by atoms with Crippen LogP contribution in [0, 0.1) is 0 Å². The smallest absolute Gasteiger partial charge is 0.315 e. The van der Waals surface area contributed by atoms with E-state index in [9.17, 15) is 13.6 Å². The van der Waals surface area contributed by atoms with Crippen molar-refractivity contribution in [2.45, 2.75) is 25.8 Å². The van der Waals surface area contributed by atoms with Crippen LogP contribution in [-0.4, -0.2) is 67.4 Å². The van der Waals surface area contributed by atoms with Gasteiger partial charge in [0.2, 0.25) is 0 Å². The lowest BCUT2D eigenvalue weighted by Gasteiger charge is -2.43. The van der Waals surface area contributed by atoms with Crippen LogP contribution in [0.3, 0.4) is 0 Å². The van der Waals surface area contributed by atoms with E-state index in [4.69, 9.17) is 0 Å². The molecule has 0 spiro atoms. The van der Waals surface area contributed by atoms with E-state index in [0.717, 1.165) is 26.2 Å². The van der Waals surface area contributed by atoms with Crippen molar-refractivity contribution in [2.24, 2.45) is 0 Å². The molecule has 0 bridgehead atoms. The lowest BCUT2D eigenvalue weighted by Crippen LogP contribution is -2.58. The van der Waals surface area contributed by atoms with E-state index in [1.807, 2.05) is 13.8 Å². The normalized spacial score (nSPS) is 19.6. The van der Waals surface area contributed by atoms with Gasteiger partial charge in [0.05, 0.1) is 0 Å². The van der Waals surface area contributed by atoms with Crippen molar-refractivity contribution >= 4 is 5.91 Å². The van der Waals surface area contributed by atoms with Gasteiger partial charge in [-0.25, -0.2) is 0 Å². The first-order valence-electron chi connectivity index (χ1n) is 5.82. The van der Waals surface area contributed by atoms with Gasteiger partial charge in [-0.2, -0.15) is 8.78 Å². The molecule has 17 heavy (non-hydrogen) atoms. The minimum atomic E-state index is -2.93. The van der Waals surface area contributed by atoms with Crippen molar-refractivity contribution in [3.63, 3.8) is 0 Å². The number of likely N-dealkylation sites (N-methyl/N-ethyl adjacent to an activating group) is 1. The topological polar surface area (TPSA) is 35.6 Å². The molecule has 0 unspecified atom stereocenters. The zero-order valence-electron chi connectivity index (χ0n) is 10.7. The average molecular weight is 249 g/mol. The number of carbonyl (C=O) groups is 1. The van der Waals surface area contributed by atoms with Gasteiger partial charge in [-0.15, -0.1) is 0 Å². The predicted molar refractivity (Wildman–Crippen MR) is 62.2 cm³/mol. The fourth-order valence-electron chi connectivity index (χ4n) is 1.90. The maximum absolute atomic E-state index is 12.1. The van der Waals surface area contributed by atoms with Crippen molar-refractivity contribution < 1.29 is 13.6 Å². The summed E-state index contributed by atoms with van der Waals surface area (Å²) in [6.07, 6.45) is -2.93. The molecule has 1 aliphatic heterocycles. The third kappa shape index (κ3) is 4.20. The molecule has 1 fully saturated rings. The van der Waals surface area contributed by atoms with E-state index in [-0.39, 0.29) is 12.1 Å². The third-order valence-corrected chi connectivity index (χ3v) is 3.25. The van der Waals surface area contributed by atoms with Crippen LogP contribution in [0.15, 0.2) is 0 Å². The summed E-state index contributed by atoms with van der Waals surface area (Å²) in [6.45, 7) is 7.90. The predicted octanol–water partition coefficient (Wildman–Crippen LogP) is 0.394. The molecule has 4 nitrogen and oxygen atoms in total. The zero-order valence-corrected chi connectivity index (χ0v) is 10.7. The maximum Gasteiger partial charge on any atom is 0.315 e. The zero-order chi connectivity index (χ0) is 13.1. The highest BCUT2D eigenvalue weighted by atomic mass is 19.3. The Morgan fingerprint density at radius 1 is 1.29 bits per heavy atom. The van der Waals surface area contributed by atoms with Crippen molar-refractivity contribution in [1.82, 2.24) is 15.1 Å². The van der Waals surface area contributed by atoms with Crippen molar-refractivity contribution in [1.29, 1.82) is 0 Å². The number of piperazine rings is 1. The van der Waals surface area contributed by atoms with Crippen LogP contribution in [0.4, 0.5) is 8.78 Å². The largest absolute Gasteiger partial charge is 0.349 e. The molecule has 6 heteroatoms. The minimum absolute atomic E-state index is 0.250. The molecule has 0 saturated carbocycles. The highest BCUT2D eigenvalue weighted by molar-refractivity contribution is 5.79. The Kier molecular flexibility index (Phi) is 4.82. The maximum atomic E-state index is 12.1. The Bertz CT molecular complexity index is 263. The summed E-state index contributed by atoms with van der Waals surface area (Å²) in [5.74, 6) is -1.19. The summed E-state index contributed by atoms with van der Waals surface area (Å²) in [5.41, 5.74) is -0.286. The molecule has 1 amide bonds. The molecular weight excluding hydrogens is 228 g/mol. The van der Waals surface area contributed by atoms with E-state index in [1.165, 1.54) is 0 Å². The van der Waals surface area contributed by atoms with Crippen LogP contribution < -0.4 is 5.32 Å². The Hall–Kier alpha value is -0.750. The van der Waals surface area contributed by atoms with Gasteiger partial charge in [0.25, 0.3) is 5.91 Å². The molecular formula is C11H21F2N3O. The quantitative estimate of drug-likeness (QED) is 0.783. The summed E-state index contributed by atoms with van der Waals surface area (Å²) >= 11 is 0. The second-order valence-corrected chi connectivity index (χ2v) is 5.12. The Morgan fingerprint density at radius 2 is 1.82 bits per heavy atom. The number of amides is 1. The van der Waals surface area contributed by atoms with Gasteiger partial charge in [0.15, 0.2) is 0 Å². The summed E-state index contributed by atoms with van der Waals surface area (Å²) < 4.78 is 24.1. The molecule has 0 aromatic rings. The van der Waals surface area contributed by atoms with Gasteiger partial charge in [-0.1, -0.05) is 0 Å². The van der Waals surface area contributed by atoms with Crippen LogP contribution in [0.2, 0.25) is 0 Å². The number of carbonyl (C=O) groups excluding carboxylic acids is 1. The molecule has 0 radical (unpaired) electrons. The van der Waals surface area contributed by atoms with E-state index in [2.05, 4.69) is 22.2 Å². The van der Waals surface area contributed by atoms with Crippen molar-refractivity contribution in [3.05, 3.63) is 0 Å². The standard InChI is InChI=1S/C11H21F2N3O/c1-11(2,8-14-10(17)9(12)13)16-6-4-15(3)5-7-16/h9H,4-8H2,1-3H3,(H,14,17). The fourth-order valence-corrected chi connectivity index (χ4v) is 1.90. The third-order valence-electron chi connectivity index (χ3n) is 3.25. The second-order valence-electron chi connectivity index (χ2n) is 5.12. The molecule has 1 saturated heterocycles. The van der Waals surface area contributed by atoms with Crippen molar-refractivity contribution in [3.8, 4) is 0 Å². The summed E-state index contributed by atoms with van der Waals surface area (Å²) in [5, 5.41) is 2.29. The summed E-state index contributed by atoms with van der Waals surface area (Å²) in [4.78, 5) is 15.3. The van der Waals surface area contributed by atoms with Crippen LogP contribution in [-0.2, 0) is 4.79 Å². The first kappa shape index (κ1) is 14.3. The molecule has 0 aliphatic carbocycles. The molecule has 100 valence electrons. The molecule has 1 N–H and O–H groups in total. The lowest BCUT2D eigenvalue weighted by atomic mass is 10.0. The van der Waals surface area contributed by atoms with Crippen LogP contribution in [0.25, 0.3) is 0 Å². The van der Waals surface area contributed by atoms with Crippen LogP contribution in [0.1, 0.15) is 13.8 Å². The SMILES string of the molecule is CN1CCN(C(C)(C)CNC(=O)C(F)F)CC1. The Labute approximate surface area is 101 Å². The number of halogens is 2. The first-order valence-corrected chi connectivity index (χ1v) is 5.82. The molecule has 1 rings (SSSR count). The summed E-state index contributed by atoms with van der Waals surface area (Å²) in [7, 11) is 2.06. The average Bonchev–Trinajstić information content (AvgIpc) is 2.26. The highest BCUT2D eigenvalue weighted by Gasteiger charge is 2.30. The molecule has 0 atom stereocenters. The highest BCUT2D eigenvalue weighted by Crippen LogP contribution is 2.15. The van der Waals surface area contributed by atoms with Gasteiger partial charge in [-0.05, 0) is 20.9 Å². The van der Waals surface area contributed by atoms with Crippen LogP contribution in [0.5, 0.6) is 0 Å². The number of hydrogen-bond acceptors (Lipinski definition) is 3. The van der Waals surface area contributed by atoms with E-state index in [1.54, 1.807) is 0 Å². The lowest BCUT2D eigenvalue weighted by molar-refractivity contribution is -0.132. The first-order chi connectivity index (χ1) is 7.83. The Morgan fingerprint density at radius 3 is 2.29 bits per heavy atom. The van der Waals surface area contributed by atoms with Gasteiger partial charge < -0.3 is 10.2 Å². The molecule has 1 aliphatic rings. The number of alkyl halides is 2.